The second-order valence-corrected chi connectivity index (χ2v) is 13.8. The number of halogens is 2. The van der Waals surface area contributed by atoms with Gasteiger partial charge in [-0.3, -0.25) is 13.9 Å². The molecule has 236 valence electrons. The lowest BCUT2D eigenvalue weighted by molar-refractivity contribution is -0.140. The van der Waals surface area contributed by atoms with Gasteiger partial charge >= 0.3 is 0 Å². The number of carbonyl (C=O) groups is 2. The van der Waals surface area contributed by atoms with E-state index in [1.54, 1.807) is 42.5 Å². The van der Waals surface area contributed by atoms with Gasteiger partial charge in [0.1, 0.15) is 24.9 Å². The van der Waals surface area contributed by atoms with Crippen LogP contribution in [0.25, 0.3) is 0 Å². The molecule has 3 aromatic rings. The van der Waals surface area contributed by atoms with Gasteiger partial charge in [0.15, 0.2) is 0 Å². The SMILES string of the molecule is CC[C@@H](C(=O)NC1CCCCC1)N(Cc1ccc(Cl)c(Cl)c1)C(=O)CN(c1ccc(OCc2ccccc2)cc1)S(C)(=O)=O. The van der Waals surface area contributed by atoms with E-state index >= 15 is 0 Å². The fraction of sp³-hybridized carbons (Fsp3) is 0.394. The molecule has 44 heavy (non-hydrogen) atoms. The molecule has 0 bridgehead atoms. The summed E-state index contributed by atoms with van der Waals surface area (Å²) >= 11 is 12.4. The minimum absolute atomic E-state index is 0.0518. The summed E-state index contributed by atoms with van der Waals surface area (Å²) in [6.45, 7) is 1.76. The number of benzene rings is 3. The minimum Gasteiger partial charge on any atom is -0.489 e. The number of ether oxygens (including phenoxy) is 1. The van der Waals surface area contributed by atoms with Gasteiger partial charge in [-0.1, -0.05) is 85.8 Å². The molecule has 0 aliphatic heterocycles. The molecule has 1 N–H and O–H groups in total. The highest BCUT2D eigenvalue weighted by Gasteiger charge is 2.33. The van der Waals surface area contributed by atoms with Gasteiger partial charge in [0.05, 0.1) is 22.0 Å². The molecule has 8 nitrogen and oxygen atoms in total. The maximum absolute atomic E-state index is 14.0. The van der Waals surface area contributed by atoms with E-state index in [2.05, 4.69) is 5.32 Å². The van der Waals surface area contributed by atoms with Crippen LogP contribution in [0.2, 0.25) is 10.0 Å². The Hall–Kier alpha value is -3.27. The largest absolute Gasteiger partial charge is 0.489 e. The van der Waals surface area contributed by atoms with Crippen LogP contribution in [-0.4, -0.2) is 50.0 Å². The maximum atomic E-state index is 14.0. The molecule has 2 amide bonds. The first-order chi connectivity index (χ1) is 21.0. The average Bonchev–Trinajstić information content (AvgIpc) is 3.01. The van der Waals surface area contributed by atoms with Crippen LogP contribution in [0, 0.1) is 0 Å². The number of anilines is 1. The van der Waals surface area contributed by atoms with Crippen LogP contribution in [-0.2, 0) is 32.8 Å². The zero-order chi connectivity index (χ0) is 31.7. The number of sulfonamides is 1. The van der Waals surface area contributed by atoms with E-state index in [9.17, 15) is 18.0 Å². The van der Waals surface area contributed by atoms with Gasteiger partial charge in [-0.25, -0.2) is 8.42 Å². The molecule has 1 aliphatic carbocycles. The van der Waals surface area contributed by atoms with E-state index in [4.69, 9.17) is 27.9 Å². The first-order valence-electron chi connectivity index (χ1n) is 14.8. The second-order valence-electron chi connectivity index (χ2n) is 11.1. The fourth-order valence-corrected chi connectivity index (χ4v) is 6.53. The first-order valence-corrected chi connectivity index (χ1v) is 17.4. The standard InChI is InChI=1S/C33H39Cl2N3O5S/c1-3-31(33(40)36-26-12-8-5-9-13-26)37(21-25-14-19-29(34)30(35)20-25)32(39)22-38(44(2,41)42)27-15-17-28(18-16-27)43-23-24-10-6-4-7-11-24/h4,6-7,10-11,14-20,26,31H,3,5,8-9,12-13,21-23H2,1-2H3,(H,36,40)/t31-/m0/s1. The summed E-state index contributed by atoms with van der Waals surface area (Å²) in [7, 11) is -3.87. The molecular formula is C33H39Cl2N3O5S. The molecule has 0 spiro atoms. The number of rotatable bonds is 13. The van der Waals surface area contributed by atoms with Gasteiger partial charge in [0, 0.05) is 12.6 Å². The van der Waals surface area contributed by atoms with Gasteiger partial charge in [-0.15, -0.1) is 0 Å². The number of amides is 2. The molecule has 11 heteroatoms. The highest BCUT2D eigenvalue weighted by molar-refractivity contribution is 7.92. The monoisotopic (exact) mass is 659 g/mol. The first kappa shape index (κ1) is 33.6. The van der Waals surface area contributed by atoms with Crippen molar-refractivity contribution in [3.8, 4) is 5.75 Å². The average molecular weight is 661 g/mol. The van der Waals surface area contributed by atoms with Crippen molar-refractivity contribution in [3.05, 3.63) is 94.0 Å². The summed E-state index contributed by atoms with van der Waals surface area (Å²) in [5.41, 5.74) is 1.98. The number of carbonyl (C=O) groups excluding carboxylic acids is 2. The molecule has 4 rings (SSSR count). The Kier molecular flexibility index (Phi) is 11.9. The number of nitrogens with one attached hydrogen (secondary N) is 1. The van der Waals surface area contributed by atoms with Crippen molar-refractivity contribution in [3.63, 3.8) is 0 Å². The summed E-state index contributed by atoms with van der Waals surface area (Å²) in [5, 5.41) is 3.82. The van der Waals surface area contributed by atoms with Crippen LogP contribution >= 0.6 is 23.2 Å². The smallest absolute Gasteiger partial charge is 0.244 e. The Labute approximate surface area is 270 Å². The molecule has 0 aromatic heterocycles. The minimum atomic E-state index is -3.87. The molecule has 0 radical (unpaired) electrons. The summed E-state index contributed by atoms with van der Waals surface area (Å²) < 4.78 is 32.8. The van der Waals surface area contributed by atoms with Crippen LogP contribution in [0.15, 0.2) is 72.8 Å². The lowest BCUT2D eigenvalue weighted by Crippen LogP contribution is -2.53. The molecule has 1 fully saturated rings. The Balaban J connectivity index is 1.56. The third-order valence-electron chi connectivity index (χ3n) is 7.73. The van der Waals surface area contributed by atoms with Crippen molar-refractivity contribution in [1.82, 2.24) is 10.2 Å². The van der Waals surface area contributed by atoms with Gasteiger partial charge in [0.25, 0.3) is 0 Å². The van der Waals surface area contributed by atoms with Crippen LogP contribution in [0.3, 0.4) is 0 Å². The molecular weight excluding hydrogens is 621 g/mol. The molecule has 1 saturated carbocycles. The number of hydrogen-bond donors (Lipinski definition) is 1. The zero-order valence-electron chi connectivity index (χ0n) is 25.0. The van der Waals surface area contributed by atoms with E-state index in [0.717, 1.165) is 48.2 Å². The van der Waals surface area contributed by atoms with E-state index in [1.165, 1.54) is 4.90 Å². The number of nitrogens with zero attached hydrogens (tertiary/aromatic N) is 2. The maximum Gasteiger partial charge on any atom is 0.244 e. The fourth-order valence-electron chi connectivity index (χ4n) is 5.36. The topological polar surface area (TPSA) is 96.0 Å². The normalized spacial score (nSPS) is 14.5. The van der Waals surface area contributed by atoms with Gasteiger partial charge in [-0.2, -0.15) is 0 Å². The van der Waals surface area contributed by atoms with Crippen molar-refractivity contribution >= 4 is 50.7 Å². The third kappa shape index (κ3) is 9.36. The van der Waals surface area contributed by atoms with Crippen molar-refractivity contribution in [2.45, 2.75) is 70.7 Å². The second kappa shape index (κ2) is 15.6. The predicted molar refractivity (Wildman–Crippen MR) is 176 cm³/mol. The van der Waals surface area contributed by atoms with Crippen molar-refractivity contribution < 1.29 is 22.7 Å². The molecule has 1 aliphatic rings. The van der Waals surface area contributed by atoms with Crippen molar-refractivity contribution in [1.29, 1.82) is 0 Å². The predicted octanol–water partition coefficient (Wildman–Crippen LogP) is 6.59. The van der Waals surface area contributed by atoms with Crippen molar-refractivity contribution in [2.24, 2.45) is 0 Å². The van der Waals surface area contributed by atoms with Crippen LogP contribution in [0.5, 0.6) is 5.75 Å². The van der Waals surface area contributed by atoms with Gasteiger partial charge in [0.2, 0.25) is 21.8 Å². The highest BCUT2D eigenvalue weighted by atomic mass is 35.5. The highest BCUT2D eigenvalue weighted by Crippen LogP contribution is 2.26. The Morgan fingerprint density at radius 2 is 1.61 bits per heavy atom. The molecule has 0 unspecified atom stereocenters. The zero-order valence-corrected chi connectivity index (χ0v) is 27.4. The Bertz CT molecular complexity index is 1510. The summed E-state index contributed by atoms with van der Waals surface area (Å²) in [6, 6.07) is 20.5. The van der Waals surface area contributed by atoms with E-state index < -0.39 is 28.5 Å². The molecule has 3 aromatic carbocycles. The van der Waals surface area contributed by atoms with E-state index in [0.29, 0.717) is 40.1 Å². The molecule has 0 heterocycles. The summed E-state index contributed by atoms with van der Waals surface area (Å²) in [5.74, 6) is -0.209. The van der Waals surface area contributed by atoms with Crippen LogP contribution in [0.4, 0.5) is 5.69 Å². The van der Waals surface area contributed by atoms with Gasteiger partial charge in [-0.05, 0) is 66.8 Å². The number of hydrogen-bond acceptors (Lipinski definition) is 5. The summed E-state index contributed by atoms with van der Waals surface area (Å²) in [6.07, 6.45) is 6.44. The third-order valence-corrected chi connectivity index (χ3v) is 9.61. The quantitative estimate of drug-likeness (QED) is 0.223. The Morgan fingerprint density at radius 3 is 2.23 bits per heavy atom. The molecule has 1 atom stereocenters. The van der Waals surface area contributed by atoms with E-state index in [1.807, 2.05) is 37.3 Å². The lowest BCUT2D eigenvalue weighted by atomic mass is 9.95. The molecule has 0 saturated heterocycles. The summed E-state index contributed by atoms with van der Waals surface area (Å²) in [4.78, 5) is 29.0. The van der Waals surface area contributed by atoms with Crippen LogP contribution < -0.4 is 14.4 Å². The van der Waals surface area contributed by atoms with Crippen molar-refractivity contribution in [2.75, 3.05) is 17.1 Å². The van der Waals surface area contributed by atoms with E-state index in [-0.39, 0.29) is 18.5 Å². The van der Waals surface area contributed by atoms with Crippen LogP contribution in [0.1, 0.15) is 56.6 Å². The lowest BCUT2D eigenvalue weighted by Gasteiger charge is -2.34. The Morgan fingerprint density at radius 1 is 0.932 bits per heavy atom. The van der Waals surface area contributed by atoms with Gasteiger partial charge < -0.3 is 15.0 Å².